The van der Waals surface area contributed by atoms with E-state index in [4.69, 9.17) is 5.73 Å². The Morgan fingerprint density at radius 3 is 2.65 bits per heavy atom. The van der Waals surface area contributed by atoms with Crippen LogP contribution in [-0.4, -0.2) is 11.3 Å². The zero-order valence-corrected chi connectivity index (χ0v) is 10.1. The Balaban J connectivity index is 2.14. The van der Waals surface area contributed by atoms with E-state index in [1.165, 1.54) is 12.1 Å². The number of carbonyl (C=O) groups excluding carboxylic acids is 1. The number of Topliss-reactive ketones (excluding diaryl/α,β-unsaturated/α-hetero) is 1. The number of benzene rings is 1. The molecule has 1 aliphatic rings. The molecule has 0 amide bonds. The summed E-state index contributed by atoms with van der Waals surface area (Å²) in [5, 5.41) is 0. The Kier molecular flexibility index (Phi) is 3.29. The van der Waals surface area contributed by atoms with Gasteiger partial charge in [-0.3, -0.25) is 4.79 Å². The summed E-state index contributed by atoms with van der Waals surface area (Å²) < 4.78 is 13.0. The lowest BCUT2D eigenvalue weighted by Crippen LogP contribution is -2.38. The molecular formula is C14H18FNO. The Morgan fingerprint density at radius 2 is 2.06 bits per heavy atom. The molecule has 17 heavy (non-hydrogen) atoms. The molecule has 92 valence electrons. The average Bonchev–Trinajstić information content (AvgIpc) is 2.64. The fraction of sp³-hybridized carbons (Fsp3) is 0.500. The van der Waals surface area contributed by atoms with Crippen LogP contribution in [-0.2, 0) is 0 Å². The summed E-state index contributed by atoms with van der Waals surface area (Å²) >= 11 is 0. The Bertz CT molecular complexity index is 436. The standard InChI is InChI=1S/C14H18FNO/c1-10-8-11(15)4-5-12(10)13(17)9-14(16)6-2-3-7-14/h4-5,8H,2-3,6-7,9,16H2,1H3. The third-order valence-corrected chi connectivity index (χ3v) is 3.60. The molecule has 1 aromatic rings. The lowest BCUT2D eigenvalue weighted by Gasteiger charge is -2.22. The normalized spacial score (nSPS) is 18.3. The van der Waals surface area contributed by atoms with Crippen LogP contribution in [0.5, 0.6) is 0 Å². The monoisotopic (exact) mass is 235 g/mol. The lowest BCUT2D eigenvalue weighted by molar-refractivity contribution is 0.0951. The zero-order chi connectivity index (χ0) is 12.5. The number of ketones is 1. The van der Waals surface area contributed by atoms with Crippen LogP contribution < -0.4 is 5.73 Å². The van der Waals surface area contributed by atoms with Crippen LogP contribution in [0.25, 0.3) is 0 Å². The first-order valence-electron chi connectivity index (χ1n) is 6.08. The van der Waals surface area contributed by atoms with Crippen molar-refractivity contribution < 1.29 is 9.18 Å². The largest absolute Gasteiger partial charge is 0.325 e. The first-order chi connectivity index (χ1) is 8.00. The molecule has 0 atom stereocenters. The average molecular weight is 235 g/mol. The van der Waals surface area contributed by atoms with Gasteiger partial charge in [0.1, 0.15) is 5.82 Å². The van der Waals surface area contributed by atoms with E-state index in [0.717, 1.165) is 25.7 Å². The quantitative estimate of drug-likeness (QED) is 0.818. The van der Waals surface area contributed by atoms with E-state index >= 15 is 0 Å². The van der Waals surface area contributed by atoms with E-state index in [1.54, 1.807) is 13.0 Å². The molecule has 1 aliphatic carbocycles. The molecule has 0 radical (unpaired) electrons. The summed E-state index contributed by atoms with van der Waals surface area (Å²) in [6.45, 7) is 1.76. The number of halogens is 1. The van der Waals surface area contributed by atoms with Crippen molar-refractivity contribution in [2.45, 2.75) is 44.6 Å². The molecule has 0 aliphatic heterocycles. The van der Waals surface area contributed by atoms with Crippen LogP contribution in [0.2, 0.25) is 0 Å². The molecule has 0 bridgehead atoms. The van der Waals surface area contributed by atoms with Crippen LogP contribution in [0, 0.1) is 12.7 Å². The first kappa shape index (κ1) is 12.2. The molecule has 0 saturated heterocycles. The predicted molar refractivity (Wildman–Crippen MR) is 65.5 cm³/mol. The molecule has 0 heterocycles. The number of aryl methyl sites for hydroxylation is 1. The van der Waals surface area contributed by atoms with Gasteiger partial charge in [-0.15, -0.1) is 0 Å². The van der Waals surface area contributed by atoms with E-state index in [1.807, 2.05) is 0 Å². The van der Waals surface area contributed by atoms with Gasteiger partial charge in [0, 0.05) is 17.5 Å². The highest BCUT2D eigenvalue weighted by molar-refractivity contribution is 5.98. The third kappa shape index (κ3) is 2.72. The van der Waals surface area contributed by atoms with Crippen molar-refractivity contribution in [1.82, 2.24) is 0 Å². The molecule has 1 aromatic carbocycles. The van der Waals surface area contributed by atoms with Gasteiger partial charge >= 0.3 is 0 Å². The van der Waals surface area contributed by atoms with Gasteiger partial charge in [0.25, 0.3) is 0 Å². The first-order valence-corrected chi connectivity index (χ1v) is 6.08. The molecule has 1 fully saturated rings. The Hall–Kier alpha value is -1.22. The fourth-order valence-corrected chi connectivity index (χ4v) is 2.61. The highest BCUT2D eigenvalue weighted by Crippen LogP contribution is 2.31. The van der Waals surface area contributed by atoms with Crippen molar-refractivity contribution >= 4 is 5.78 Å². The van der Waals surface area contributed by atoms with Gasteiger partial charge in [-0.05, 0) is 43.5 Å². The Labute approximate surface area is 101 Å². The van der Waals surface area contributed by atoms with Gasteiger partial charge in [-0.2, -0.15) is 0 Å². The molecule has 2 rings (SSSR count). The summed E-state index contributed by atoms with van der Waals surface area (Å²) in [6.07, 6.45) is 4.41. The SMILES string of the molecule is Cc1cc(F)ccc1C(=O)CC1(N)CCCC1. The van der Waals surface area contributed by atoms with Crippen LogP contribution in [0.15, 0.2) is 18.2 Å². The summed E-state index contributed by atoms with van der Waals surface area (Å²) in [6, 6.07) is 4.29. The van der Waals surface area contributed by atoms with Crippen molar-refractivity contribution in [3.63, 3.8) is 0 Å². The second kappa shape index (κ2) is 4.57. The maximum Gasteiger partial charge on any atom is 0.164 e. The summed E-state index contributed by atoms with van der Waals surface area (Å²) in [5.74, 6) is -0.269. The van der Waals surface area contributed by atoms with Crippen LogP contribution >= 0.6 is 0 Å². The number of rotatable bonds is 3. The van der Waals surface area contributed by atoms with Gasteiger partial charge < -0.3 is 5.73 Å². The maximum atomic E-state index is 13.0. The Morgan fingerprint density at radius 1 is 1.41 bits per heavy atom. The van der Waals surface area contributed by atoms with Crippen molar-refractivity contribution in [3.05, 3.63) is 35.1 Å². The highest BCUT2D eigenvalue weighted by atomic mass is 19.1. The highest BCUT2D eigenvalue weighted by Gasteiger charge is 2.32. The number of nitrogens with two attached hydrogens (primary N) is 1. The van der Waals surface area contributed by atoms with E-state index in [9.17, 15) is 9.18 Å². The van der Waals surface area contributed by atoms with E-state index in [0.29, 0.717) is 17.5 Å². The van der Waals surface area contributed by atoms with E-state index in [2.05, 4.69) is 0 Å². The molecule has 3 heteroatoms. The predicted octanol–water partition coefficient (Wildman–Crippen LogP) is 2.98. The molecular weight excluding hydrogens is 217 g/mol. The van der Waals surface area contributed by atoms with Crippen LogP contribution in [0.3, 0.4) is 0 Å². The molecule has 0 unspecified atom stereocenters. The van der Waals surface area contributed by atoms with Crippen LogP contribution in [0.4, 0.5) is 4.39 Å². The molecule has 2 N–H and O–H groups in total. The van der Waals surface area contributed by atoms with Gasteiger partial charge in [0.05, 0.1) is 0 Å². The topological polar surface area (TPSA) is 43.1 Å². The van der Waals surface area contributed by atoms with Crippen molar-refractivity contribution in [2.75, 3.05) is 0 Å². The maximum absolute atomic E-state index is 13.0. The summed E-state index contributed by atoms with van der Waals surface area (Å²) in [4.78, 5) is 12.1. The van der Waals surface area contributed by atoms with Gasteiger partial charge in [0.2, 0.25) is 0 Å². The smallest absolute Gasteiger partial charge is 0.164 e. The molecule has 1 saturated carbocycles. The van der Waals surface area contributed by atoms with Crippen molar-refractivity contribution in [1.29, 1.82) is 0 Å². The van der Waals surface area contributed by atoms with E-state index < -0.39 is 0 Å². The van der Waals surface area contributed by atoms with Gasteiger partial charge in [-0.25, -0.2) is 4.39 Å². The van der Waals surface area contributed by atoms with Crippen molar-refractivity contribution in [2.24, 2.45) is 5.73 Å². The summed E-state index contributed by atoms with van der Waals surface area (Å²) in [7, 11) is 0. The minimum Gasteiger partial charge on any atom is -0.325 e. The number of hydrogen-bond donors (Lipinski definition) is 1. The van der Waals surface area contributed by atoms with E-state index in [-0.39, 0.29) is 17.1 Å². The number of carbonyl (C=O) groups is 1. The van der Waals surface area contributed by atoms with Crippen LogP contribution in [0.1, 0.15) is 48.0 Å². The second-order valence-electron chi connectivity index (χ2n) is 5.13. The second-order valence-corrected chi connectivity index (χ2v) is 5.13. The molecule has 0 aromatic heterocycles. The zero-order valence-electron chi connectivity index (χ0n) is 10.1. The summed E-state index contributed by atoms with van der Waals surface area (Å²) in [5.41, 5.74) is 7.14. The van der Waals surface area contributed by atoms with Crippen molar-refractivity contribution in [3.8, 4) is 0 Å². The minimum absolute atomic E-state index is 0.0342. The fourth-order valence-electron chi connectivity index (χ4n) is 2.61. The van der Waals surface area contributed by atoms with Gasteiger partial charge in [-0.1, -0.05) is 12.8 Å². The number of hydrogen-bond acceptors (Lipinski definition) is 2. The van der Waals surface area contributed by atoms with Gasteiger partial charge in [0.15, 0.2) is 5.78 Å². The molecule has 0 spiro atoms. The third-order valence-electron chi connectivity index (χ3n) is 3.60. The minimum atomic E-state index is -0.335. The molecule has 2 nitrogen and oxygen atoms in total. The lowest BCUT2D eigenvalue weighted by atomic mass is 9.89.